The number of hydrogen-bond donors (Lipinski definition) is 0. The maximum Gasteiger partial charge on any atom is 0.120 e. The van der Waals surface area contributed by atoms with E-state index in [0.717, 1.165) is 25.7 Å². The molecule has 1 heterocycles. The molecule has 0 bridgehead atoms. The SMILES string of the molecule is CCCC1(CCC=O)COC(C)(C)C1. The van der Waals surface area contributed by atoms with Crippen LogP contribution in [0.15, 0.2) is 0 Å². The Morgan fingerprint density at radius 1 is 1.36 bits per heavy atom. The summed E-state index contributed by atoms with van der Waals surface area (Å²) in [5, 5.41) is 0. The van der Waals surface area contributed by atoms with E-state index in [4.69, 9.17) is 4.74 Å². The largest absolute Gasteiger partial charge is 0.375 e. The fourth-order valence-electron chi connectivity index (χ4n) is 2.70. The second-order valence-electron chi connectivity index (χ2n) is 5.18. The first-order valence-electron chi connectivity index (χ1n) is 5.61. The van der Waals surface area contributed by atoms with Crippen LogP contribution < -0.4 is 0 Å². The monoisotopic (exact) mass is 198 g/mol. The highest BCUT2D eigenvalue weighted by Gasteiger charge is 2.42. The van der Waals surface area contributed by atoms with Crippen LogP contribution in [-0.2, 0) is 9.53 Å². The van der Waals surface area contributed by atoms with Crippen molar-refractivity contribution >= 4 is 6.29 Å². The summed E-state index contributed by atoms with van der Waals surface area (Å²) in [6, 6.07) is 0. The standard InChI is InChI=1S/C12H22O2/c1-4-6-12(7-5-8-13)9-11(2,3)14-10-12/h8H,4-7,9-10H2,1-3H3. The molecule has 1 unspecified atom stereocenters. The van der Waals surface area contributed by atoms with Crippen molar-refractivity contribution in [1.29, 1.82) is 0 Å². The molecule has 1 atom stereocenters. The van der Waals surface area contributed by atoms with Crippen LogP contribution in [0.4, 0.5) is 0 Å². The predicted octanol–water partition coefficient (Wildman–Crippen LogP) is 2.95. The molecule has 82 valence electrons. The van der Waals surface area contributed by atoms with Gasteiger partial charge in [-0.25, -0.2) is 0 Å². The maximum absolute atomic E-state index is 10.4. The van der Waals surface area contributed by atoms with Gasteiger partial charge in [0.2, 0.25) is 0 Å². The smallest absolute Gasteiger partial charge is 0.120 e. The van der Waals surface area contributed by atoms with E-state index in [9.17, 15) is 4.79 Å². The van der Waals surface area contributed by atoms with Gasteiger partial charge in [-0.15, -0.1) is 0 Å². The van der Waals surface area contributed by atoms with E-state index < -0.39 is 0 Å². The Labute approximate surface area is 87.0 Å². The van der Waals surface area contributed by atoms with Crippen molar-refractivity contribution in [2.24, 2.45) is 5.41 Å². The normalized spacial score (nSPS) is 30.5. The van der Waals surface area contributed by atoms with Gasteiger partial charge >= 0.3 is 0 Å². The zero-order valence-corrected chi connectivity index (χ0v) is 9.64. The molecule has 1 rings (SSSR count). The van der Waals surface area contributed by atoms with Crippen molar-refractivity contribution in [3.05, 3.63) is 0 Å². The number of rotatable bonds is 5. The summed E-state index contributed by atoms with van der Waals surface area (Å²) in [5.41, 5.74) is 0.289. The van der Waals surface area contributed by atoms with E-state index in [2.05, 4.69) is 20.8 Å². The van der Waals surface area contributed by atoms with Crippen LogP contribution >= 0.6 is 0 Å². The van der Waals surface area contributed by atoms with Gasteiger partial charge in [-0.3, -0.25) is 0 Å². The van der Waals surface area contributed by atoms with E-state index in [1.54, 1.807) is 0 Å². The number of carbonyl (C=O) groups is 1. The third-order valence-electron chi connectivity index (χ3n) is 3.14. The molecule has 14 heavy (non-hydrogen) atoms. The van der Waals surface area contributed by atoms with E-state index >= 15 is 0 Å². The van der Waals surface area contributed by atoms with Crippen LogP contribution in [0.5, 0.6) is 0 Å². The zero-order chi connectivity index (χ0) is 10.7. The molecule has 1 fully saturated rings. The fourth-order valence-corrected chi connectivity index (χ4v) is 2.70. The van der Waals surface area contributed by atoms with Crippen LogP contribution in [0.2, 0.25) is 0 Å². The molecule has 0 N–H and O–H groups in total. The first kappa shape index (κ1) is 11.7. The van der Waals surface area contributed by atoms with Crippen LogP contribution in [0.25, 0.3) is 0 Å². The van der Waals surface area contributed by atoms with Gasteiger partial charge in [0.15, 0.2) is 0 Å². The molecule has 0 aromatic carbocycles. The lowest BCUT2D eigenvalue weighted by Crippen LogP contribution is -2.23. The molecule has 1 aliphatic rings. The van der Waals surface area contributed by atoms with Crippen molar-refractivity contribution in [1.82, 2.24) is 0 Å². The molecular formula is C12H22O2. The summed E-state index contributed by atoms with van der Waals surface area (Å²) in [5.74, 6) is 0. The Kier molecular flexibility index (Phi) is 3.71. The van der Waals surface area contributed by atoms with E-state index in [-0.39, 0.29) is 11.0 Å². The third kappa shape index (κ3) is 2.81. The van der Waals surface area contributed by atoms with Crippen molar-refractivity contribution in [3.63, 3.8) is 0 Å². The van der Waals surface area contributed by atoms with E-state index in [0.29, 0.717) is 6.42 Å². The number of hydrogen-bond acceptors (Lipinski definition) is 2. The summed E-state index contributed by atoms with van der Waals surface area (Å²) in [7, 11) is 0. The first-order chi connectivity index (χ1) is 6.54. The van der Waals surface area contributed by atoms with Gasteiger partial charge in [0.05, 0.1) is 12.2 Å². The van der Waals surface area contributed by atoms with Crippen molar-refractivity contribution in [3.8, 4) is 0 Å². The van der Waals surface area contributed by atoms with Crippen LogP contribution in [0.1, 0.15) is 52.9 Å². The number of aldehydes is 1. The van der Waals surface area contributed by atoms with Crippen LogP contribution in [-0.4, -0.2) is 18.5 Å². The molecule has 1 saturated heterocycles. The number of ether oxygens (including phenoxy) is 1. The van der Waals surface area contributed by atoms with Gasteiger partial charge in [-0.1, -0.05) is 13.3 Å². The first-order valence-corrected chi connectivity index (χ1v) is 5.61. The molecule has 2 heteroatoms. The summed E-state index contributed by atoms with van der Waals surface area (Å²) in [4.78, 5) is 10.4. The van der Waals surface area contributed by atoms with Crippen molar-refractivity contribution in [2.75, 3.05) is 6.61 Å². The lowest BCUT2D eigenvalue weighted by atomic mass is 9.75. The average Bonchev–Trinajstić information content (AvgIpc) is 2.40. The van der Waals surface area contributed by atoms with Gasteiger partial charge in [-0.05, 0) is 38.5 Å². The molecule has 0 amide bonds. The highest BCUT2D eigenvalue weighted by molar-refractivity contribution is 5.49. The minimum absolute atomic E-state index is 0.0120. The minimum atomic E-state index is 0.0120. The van der Waals surface area contributed by atoms with Crippen molar-refractivity contribution in [2.45, 2.75) is 58.5 Å². The average molecular weight is 198 g/mol. The third-order valence-corrected chi connectivity index (χ3v) is 3.14. The summed E-state index contributed by atoms with van der Waals surface area (Å²) in [6.07, 6.45) is 6.17. The van der Waals surface area contributed by atoms with Crippen LogP contribution in [0, 0.1) is 5.41 Å². The Balaban J connectivity index is 2.59. The molecular weight excluding hydrogens is 176 g/mol. The van der Waals surface area contributed by atoms with E-state index in [1.165, 1.54) is 12.8 Å². The van der Waals surface area contributed by atoms with E-state index in [1.807, 2.05) is 0 Å². The van der Waals surface area contributed by atoms with Gasteiger partial charge in [0, 0.05) is 6.42 Å². The van der Waals surface area contributed by atoms with Gasteiger partial charge in [0.1, 0.15) is 6.29 Å². The summed E-state index contributed by atoms with van der Waals surface area (Å²) < 4.78 is 5.79. The Hall–Kier alpha value is -0.370. The van der Waals surface area contributed by atoms with Crippen molar-refractivity contribution < 1.29 is 9.53 Å². The predicted molar refractivity (Wildman–Crippen MR) is 57.3 cm³/mol. The molecule has 0 aromatic rings. The zero-order valence-electron chi connectivity index (χ0n) is 9.64. The molecule has 0 radical (unpaired) electrons. The lowest BCUT2D eigenvalue weighted by molar-refractivity contribution is -0.108. The summed E-state index contributed by atoms with van der Waals surface area (Å²) >= 11 is 0. The molecule has 2 nitrogen and oxygen atoms in total. The van der Waals surface area contributed by atoms with Gasteiger partial charge in [0.25, 0.3) is 0 Å². The maximum atomic E-state index is 10.4. The van der Waals surface area contributed by atoms with Crippen LogP contribution in [0.3, 0.4) is 0 Å². The highest BCUT2D eigenvalue weighted by atomic mass is 16.5. The lowest BCUT2D eigenvalue weighted by Gasteiger charge is -2.27. The molecule has 0 saturated carbocycles. The Morgan fingerprint density at radius 2 is 2.07 bits per heavy atom. The van der Waals surface area contributed by atoms with Gasteiger partial charge in [-0.2, -0.15) is 0 Å². The second-order valence-corrected chi connectivity index (χ2v) is 5.18. The Morgan fingerprint density at radius 3 is 2.50 bits per heavy atom. The molecule has 0 aromatic heterocycles. The quantitative estimate of drug-likeness (QED) is 0.635. The highest BCUT2D eigenvalue weighted by Crippen LogP contribution is 2.45. The number of carbonyl (C=O) groups excluding carboxylic acids is 1. The molecule has 1 aliphatic heterocycles. The topological polar surface area (TPSA) is 26.3 Å². The van der Waals surface area contributed by atoms with Gasteiger partial charge < -0.3 is 9.53 Å². The second kappa shape index (κ2) is 4.43. The fraction of sp³-hybridized carbons (Fsp3) is 0.917. The molecule has 0 aliphatic carbocycles. The molecule has 0 spiro atoms. The Bertz CT molecular complexity index is 198. The minimum Gasteiger partial charge on any atom is -0.375 e. The summed E-state index contributed by atoms with van der Waals surface area (Å²) in [6.45, 7) is 7.33.